The Balaban J connectivity index is 2.24. The van der Waals surface area contributed by atoms with Gasteiger partial charge in [-0.15, -0.1) is 0 Å². The van der Waals surface area contributed by atoms with Crippen LogP contribution in [0.3, 0.4) is 0 Å². The van der Waals surface area contributed by atoms with Crippen LogP contribution in [0.2, 0.25) is 0 Å². The van der Waals surface area contributed by atoms with Crippen LogP contribution in [0.5, 0.6) is 0 Å². The predicted molar refractivity (Wildman–Crippen MR) is 54.8 cm³/mol. The summed E-state index contributed by atoms with van der Waals surface area (Å²) in [6, 6.07) is 6.53. The molecule has 2 aliphatic heterocycles. The van der Waals surface area contributed by atoms with Crippen LogP contribution in [0, 0.1) is 0 Å². The van der Waals surface area contributed by atoms with Crippen LogP contribution >= 0.6 is 0 Å². The van der Waals surface area contributed by atoms with Crippen LogP contribution in [0.4, 0.5) is 5.69 Å². The summed E-state index contributed by atoms with van der Waals surface area (Å²) in [5.74, 6) is 0. The van der Waals surface area contributed by atoms with Crippen LogP contribution in [-0.4, -0.2) is 25.8 Å². The number of rotatable bonds is 0. The minimum absolute atomic E-state index is 0.939. The van der Waals surface area contributed by atoms with Crippen molar-refractivity contribution in [1.82, 2.24) is 0 Å². The SMILES string of the molecule is C1=NCCN2CCc3cccc1c32. The van der Waals surface area contributed by atoms with Crippen LogP contribution in [0.15, 0.2) is 23.2 Å². The standard InChI is InChI=1S/C11H12N2/c1-2-9-4-6-13-7-5-12-8-10(3-1)11(9)13/h1-3,8H,4-7H2. The molecule has 3 rings (SSSR count). The first-order chi connectivity index (χ1) is 6.45. The highest BCUT2D eigenvalue weighted by molar-refractivity contribution is 5.90. The van der Waals surface area contributed by atoms with Gasteiger partial charge in [0.25, 0.3) is 0 Å². The Morgan fingerprint density at radius 3 is 3.23 bits per heavy atom. The Morgan fingerprint density at radius 1 is 1.23 bits per heavy atom. The van der Waals surface area contributed by atoms with Gasteiger partial charge in [-0.05, 0) is 12.0 Å². The number of aliphatic imine (C=N–C) groups is 1. The quantitative estimate of drug-likeness (QED) is 0.578. The minimum atomic E-state index is 0.939. The zero-order chi connectivity index (χ0) is 8.67. The largest absolute Gasteiger partial charge is 0.369 e. The molecule has 13 heavy (non-hydrogen) atoms. The minimum Gasteiger partial charge on any atom is -0.369 e. The molecule has 0 atom stereocenters. The first kappa shape index (κ1) is 7.13. The van der Waals surface area contributed by atoms with Crippen molar-refractivity contribution in [3.8, 4) is 0 Å². The Kier molecular flexibility index (Phi) is 1.42. The summed E-state index contributed by atoms with van der Waals surface area (Å²) in [7, 11) is 0. The van der Waals surface area contributed by atoms with Crippen molar-refractivity contribution in [2.75, 3.05) is 24.5 Å². The molecule has 66 valence electrons. The second kappa shape index (κ2) is 2.59. The molecule has 2 heteroatoms. The molecule has 0 aliphatic carbocycles. The highest BCUT2D eigenvalue weighted by Gasteiger charge is 2.21. The first-order valence-corrected chi connectivity index (χ1v) is 4.82. The zero-order valence-electron chi connectivity index (χ0n) is 7.53. The topological polar surface area (TPSA) is 15.6 Å². The van der Waals surface area contributed by atoms with E-state index in [1.807, 2.05) is 6.21 Å². The molecule has 0 N–H and O–H groups in total. The third kappa shape index (κ3) is 0.981. The third-order valence-electron chi connectivity index (χ3n) is 2.85. The highest BCUT2D eigenvalue weighted by Crippen LogP contribution is 2.31. The summed E-state index contributed by atoms with van der Waals surface area (Å²) in [5.41, 5.74) is 4.22. The van der Waals surface area contributed by atoms with Crippen molar-refractivity contribution < 1.29 is 0 Å². The Labute approximate surface area is 77.9 Å². The lowest BCUT2D eigenvalue weighted by Gasteiger charge is -2.17. The van der Waals surface area contributed by atoms with E-state index in [9.17, 15) is 0 Å². The maximum absolute atomic E-state index is 4.37. The van der Waals surface area contributed by atoms with E-state index >= 15 is 0 Å². The first-order valence-electron chi connectivity index (χ1n) is 4.82. The fourth-order valence-corrected chi connectivity index (χ4v) is 2.23. The molecule has 2 nitrogen and oxygen atoms in total. The molecule has 0 unspecified atom stereocenters. The number of nitrogens with zero attached hydrogens (tertiary/aromatic N) is 2. The van der Waals surface area contributed by atoms with E-state index in [2.05, 4.69) is 28.1 Å². The fraction of sp³-hybridized carbons (Fsp3) is 0.364. The van der Waals surface area contributed by atoms with Crippen molar-refractivity contribution >= 4 is 11.9 Å². The lowest BCUT2D eigenvalue weighted by molar-refractivity contribution is 0.828. The zero-order valence-corrected chi connectivity index (χ0v) is 7.53. The van der Waals surface area contributed by atoms with Gasteiger partial charge in [0, 0.05) is 30.6 Å². The van der Waals surface area contributed by atoms with Crippen LogP contribution in [-0.2, 0) is 6.42 Å². The average molecular weight is 172 g/mol. The molecule has 2 heterocycles. The third-order valence-corrected chi connectivity index (χ3v) is 2.85. The normalized spacial score (nSPS) is 18.6. The average Bonchev–Trinajstić information content (AvgIpc) is 2.44. The van der Waals surface area contributed by atoms with E-state index in [0.29, 0.717) is 0 Å². The summed E-state index contributed by atoms with van der Waals surface area (Å²) in [6.45, 7) is 3.20. The predicted octanol–water partition coefficient (Wildman–Crippen LogP) is 1.48. The van der Waals surface area contributed by atoms with Crippen molar-refractivity contribution in [3.05, 3.63) is 29.3 Å². The lowest BCUT2D eigenvalue weighted by atomic mass is 10.1. The van der Waals surface area contributed by atoms with E-state index in [4.69, 9.17) is 0 Å². The molecule has 0 radical (unpaired) electrons. The van der Waals surface area contributed by atoms with E-state index in [0.717, 1.165) is 13.1 Å². The molecular formula is C11H12N2. The van der Waals surface area contributed by atoms with Gasteiger partial charge in [-0.2, -0.15) is 0 Å². The Bertz CT molecular complexity index is 368. The molecule has 0 spiro atoms. The molecule has 1 aromatic rings. The van der Waals surface area contributed by atoms with Gasteiger partial charge in [-0.1, -0.05) is 18.2 Å². The van der Waals surface area contributed by atoms with Crippen molar-refractivity contribution in [2.24, 2.45) is 4.99 Å². The number of anilines is 1. The van der Waals surface area contributed by atoms with Crippen molar-refractivity contribution in [1.29, 1.82) is 0 Å². The van der Waals surface area contributed by atoms with E-state index in [-0.39, 0.29) is 0 Å². The fourth-order valence-electron chi connectivity index (χ4n) is 2.23. The smallest absolute Gasteiger partial charge is 0.0565 e. The maximum atomic E-state index is 4.37. The van der Waals surface area contributed by atoms with Gasteiger partial charge in [-0.25, -0.2) is 0 Å². The maximum Gasteiger partial charge on any atom is 0.0565 e. The Morgan fingerprint density at radius 2 is 2.23 bits per heavy atom. The monoisotopic (exact) mass is 172 g/mol. The molecule has 0 aromatic heterocycles. The van der Waals surface area contributed by atoms with E-state index in [1.165, 1.54) is 29.8 Å². The van der Waals surface area contributed by atoms with Gasteiger partial charge in [0.15, 0.2) is 0 Å². The van der Waals surface area contributed by atoms with Gasteiger partial charge in [0.2, 0.25) is 0 Å². The van der Waals surface area contributed by atoms with Gasteiger partial charge >= 0.3 is 0 Å². The second-order valence-electron chi connectivity index (χ2n) is 3.63. The summed E-state index contributed by atoms with van der Waals surface area (Å²) >= 11 is 0. The molecule has 0 fully saturated rings. The molecule has 2 aliphatic rings. The number of hydrogen-bond acceptors (Lipinski definition) is 2. The van der Waals surface area contributed by atoms with Crippen LogP contribution in [0.25, 0.3) is 0 Å². The summed E-state index contributed by atoms with van der Waals surface area (Å²) in [6.07, 6.45) is 3.22. The number of benzene rings is 1. The van der Waals surface area contributed by atoms with Crippen molar-refractivity contribution in [2.45, 2.75) is 6.42 Å². The van der Waals surface area contributed by atoms with Gasteiger partial charge in [0.1, 0.15) is 0 Å². The van der Waals surface area contributed by atoms with Crippen molar-refractivity contribution in [3.63, 3.8) is 0 Å². The van der Waals surface area contributed by atoms with Gasteiger partial charge < -0.3 is 4.90 Å². The highest BCUT2D eigenvalue weighted by atomic mass is 15.2. The van der Waals surface area contributed by atoms with E-state index < -0.39 is 0 Å². The summed E-state index contributed by atoms with van der Waals surface area (Å²) in [5, 5.41) is 0. The van der Waals surface area contributed by atoms with Gasteiger partial charge in [-0.3, -0.25) is 4.99 Å². The molecule has 0 amide bonds. The molecule has 0 bridgehead atoms. The molecular weight excluding hydrogens is 160 g/mol. The molecule has 0 saturated carbocycles. The summed E-state index contributed by atoms with van der Waals surface area (Å²) in [4.78, 5) is 6.83. The number of hydrogen-bond donors (Lipinski definition) is 0. The Hall–Kier alpha value is -1.31. The lowest BCUT2D eigenvalue weighted by Crippen LogP contribution is -2.23. The van der Waals surface area contributed by atoms with Crippen LogP contribution in [0.1, 0.15) is 11.1 Å². The molecule has 1 aromatic carbocycles. The van der Waals surface area contributed by atoms with Gasteiger partial charge in [0.05, 0.1) is 6.54 Å². The number of para-hydroxylation sites is 1. The van der Waals surface area contributed by atoms with Crippen LogP contribution < -0.4 is 4.90 Å². The summed E-state index contributed by atoms with van der Waals surface area (Å²) < 4.78 is 0. The second-order valence-corrected chi connectivity index (χ2v) is 3.63. The van der Waals surface area contributed by atoms with E-state index in [1.54, 1.807) is 0 Å². The molecule has 0 saturated heterocycles.